The predicted octanol–water partition coefficient (Wildman–Crippen LogP) is 1.38. The summed E-state index contributed by atoms with van der Waals surface area (Å²) >= 11 is 2.21. The van der Waals surface area contributed by atoms with Crippen LogP contribution in [-0.4, -0.2) is 26.3 Å². The summed E-state index contributed by atoms with van der Waals surface area (Å²) in [6.45, 7) is 3.74. The monoisotopic (exact) mass is 329 g/mol. The minimum atomic E-state index is 0.739. The largest absolute Gasteiger partial charge is 0.311 e. The topological polar surface area (TPSA) is 55.6 Å². The van der Waals surface area contributed by atoms with Crippen LogP contribution in [0, 0.1) is 3.57 Å². The highest BCUT2D eigenvalue weighted by atomic mass is 127. The molecular weight excluding hydrogens is 317 g/mol. The van der Waals surface area contributed by atoms with Crippen LogP contribution in [0.2, 0.25) is 0 Å². The number of nitrogens with one attached hydrogen (secondary N) is 1. The highest BCUT2D eigenvalue weighted by molar-refractivity contribution is 14.1. The Bertz CT molecular complexity index is 450. The van der Waals surface area contributed by atoms with Crippen LogP contribution < -0.4 is 5.32 Å². The van der Waals surface area contributed by atoms with Crippen molar-refractivity contribution in [2.75, 3.05) is 6.54 Å². The minimum Gasteiger partial charge on any atom is -0.311 e. The molecule has 0 unspecified atom stereocenters. The lowest BCUT2D eigenvalue weighted by Gasteiger charge is -2.02. The molecule has 0 fully saturated rings. The lowest BCUT2D eigenvalue weighted by Crippen LogP contribution is -2.13. The van der Waals surface area contributed by atoms with Gasteiger partial charge < -0.3 is 5.32 Å². The van der Waals surface area contributed by atoms with Crippen molar-refractivity contribution in [1.29, 1.82) is 0 Å². The second kappa shape index (κ2) is 5.35. The van der Waals surface area contributed by atoms with E-state index in [-0.39, 0.29) is 0 Å². The van der Waals surface area contributed by atoms with Gasteiger partial charge in [-0.1, -0.05) is 6.92 Å². The average molecular weight is 329 g/mol. The summed E-state index contributed by atoms with van der Waals surface area (Å²) in [5.41, 5.74) is 0.937. The van der Waals surface area contributed by atoms with Crippen LogP contribution in [0.4, 0.5) is 0 Å². The smallest absolute Gasteiger partial charge is 0.171 e. The molecule has 0 aliphatic heterocycles. The third-order valence-corrected chi connectivity index (χ3v) is 2.59. The highest BCUT2D eigenvalue weighted by Crippen LogP contribution is 2.06. The molecule has 2 rings (SSSR count). The van der Waals surface area contributed by atoms with Gasteiger partial charge in [0.1, 0.15) is 0 Å². The fraction of sp³-hybridized carbons (Fsp3) is 0.300. The van der Waals surface area contributed by atoms with Crippen LogP contribution in [0.3, 0.4) is 0 Å². The van der Waals surface area contributed by atoms with Gasteiger partial charge in [-0.15, -0.1) is 0 Å². The Labute approximate surface area is 107 Å². The van der Waals surface area contributed by atoms with Crippen LogP contribution in [0.1, 0.15) is 12.6 Å². The van der Waals surface area contributed by atoms with Crippen molar-refractivity contribution in [3.8, 4) is 5.82 Å². The predicted molar refractivity (Wildman–Crippen MR) is 69.3 cm³/mol. The van der Waals surface area contributed by atoms with Gasteiger partial charge >= 0.3 is 0 Å². The second-order valence-corrected chi connectivity index (χ2v) is 4.50. The molecule has 0 amide bonds. The van der Waals surface area contributed by atoms with Crippen molar-refractivity contribution in [1.82, 2.24) is 25.1 Å². The zero-order valence-electron chi connectivity index (χ0n) is 8.89. The first-order valence-electron chi connectivity index (χ1n) is 5.02. The standard InChI is InChI=1S/C10H12IN5/c1-2-12-4-9-5-14-10(6-13-9)16-7-8(11)3-15-16/h3,5-7,12H,2,4H2,1H3. The fourth-order valence-electron chi connectivity index (χ4n) is 1.24. The van der Waals surface area contributed by atoms with Gasteiger partial charge in [-0.05, 0) is 29.1 Å². The summed E-state index contributed by atoms with van der Waals surface area (Å²) in [7, 11) is 0. The Morgan fingerprint density at radius 1 is 1.31 bits per heavy atom. The van der Waals surface area contributed by atoms with Gasteiger partial charge in [0, 0.05) is 12.7 Å². The first-order valence-corrected chi connectivity index (χ1v) is 6.09. The van der Waals surface area contributed by atoms with Crippen LogP contribution >= 0.6 is 22.6 Å². The molecule has 6 heteroatoms. The van der Waals surface area contributed by atoms with E-state index in [4.69, 9.17) is 0 Å². The van der Waals surface area contributed by atoms with E-state index in [1.807, 2.05) is 6.20 Å². The van der Waals surface area contributed by atoms with Gasteiger partial charge in [-0.3, -0.25) is 4.98 Å². The summed E-state index contributed by atoms with van der Waals surface area (Å²) in [5.74, 6) is 0.739. The van der Waals surface area contributed by atoms with Gasteiger partial charge in [0.2, 0.25) is 0 Å². The van der Waals surface area contributed by atoms with Crippen LogP contribution in [-0.2, 0) is 6.54 Å². The molecule has 0 aliphatic rings. The fourth-order valence-corrected chi connectivity index (χ4v) is 1.63. The zero-order chi connectivity index (χ0) is 11.4. The van der Waals surface area contributed by atoms with Crippen molar-refractivity contribution in [3.63, 3.8) is 0 Å². The molecule has 0 saturated carbocycles. The number of hydrogen-bond donors (Lipinski definition) is 1. The lowest BCUT2D eigenvalue weighted by molar-refractivity contribution is 0.703. The van der Waals surface area contributed by atoms with Crippen molar-refractivity contribution in [2.45, 2.75) is 13.5 Å². The molecule has 0 bridgehead atoms. The van der Waals surface area contributed by atoms with Gasteiger partial charge in [0.15, 0.2) is 5.82 Å². The Balaban J connectivity index is 2.13. The molecule has 5 nitrogen and oxygen atoms in total. The molecule has 0 aliphatic carbocycles. The third-order valence-electron chi connectivity index (χ3n) is 2.03. The molecule has 1 N–H and O–H groups in total. The Kier molecular flexibility index (Phi) is 3.83. The summed E-state index contributed by atoms with van der Waals surface area (Å²) < 4.78 is 2.79. The van der Waals surface area contributed by atoms with E-state index in [1.165, 1.54) is 0 Å². The number of aromatic nitrogens is 4. The zero-order valence-corrected chi connectivity index (χ0v) is 11.0. The molecule has 0 saturated heterocycles. The molecule has 0 aromatic carbocycles. The number of halogens is 1. The number of hydrogen-bond acceptors (Lipinski definition) is 4. The third kappa shape index (κ3) is 2.76. The first kappa shape index (κ1) is 11.5. The van der Waals surface area contributed by atoms with E-state index in [2.05, 4.69) is 49.9 Å². The molecule has 16 heavy (non-hydrogen) atoms. The van der Waals surface area contributed by atoms with E-state index in [0.717, 1.165) is 28.2 Å². The molecule has 84 valence electrons. The summed E-state index contributed by atoms with van der Waals surface area (Å²) in [6.07, 6.45) is 7.20. The van der Waals surface area contributed by atoms with E-state index in [1.54, 1.807) is 23.3 Å². The lowest BCUT2D eigenvalue weighted by atomic mass is 10.4. The summed E-state index contributed by atoms with van der Waals surface area (Å²) in [4.78, 5) is 8.62. The van der Waals surface area contributed by atoms with Crippen molar-refractivity contribution in [3.05, 3.63) is 34.1 Å². The van der Waals surface area contributed by atoms with Crippen molar-refractivity contribution < 1.29 is 0 Å². The molecule has 0 spiro atoms. The SMILES string of the molecule is CCNCc1cnc(-n2cc(I)cn2)cn1. The van der Waals surface area contributed by atoms with E-state index < -0.39 is 0 Å². The molecular formula is C10H12IN5. The maximum atomic E-state index is 4.31. The summed E-state index contributed by atoms with van der Waals surface area (Å²) in [6, 6.07) is 0. The Morgan fingerprint density at radius 3 is 2.75 bits per heavy atom. The molecule has 0 radical (unpaired) electrons. The first-order chi connectivity index (χ1) is 7.79. The normalized spacial score (nSPS) is 10.6. The van der Waals surface area contributed by atoms with E-state index in [0.29, 0.717) is 0 Å². The second-order valence-electron chi connectivity index (χ2n) is 3.25. The van der Waals surface area contributed by atoms with Crippen LogP contribution in [0.5, 0.6) is 0 Å². The van der Waals surface area contributed by atoms with Gasteiger partial charge in [-0.2, -0.15) is 5.10 Å². The maximum Gasteiger partial charge on any atom is 0.171 e. The Hall–Kier alpha value is -1.02. The van der Waals surface area contributed by atoms with E-state index in [9.17, 15) is 0 Å². The maximum absolute atomic E-state index is 4.31. The Morgan fingerprint density at radius 2 is 2.19 bits per heavy atom. The molecule has 2 heterocycles. The number of nitrogens with zero attached hydrogens (tertiary/aromatic N) is 4. The van der Waals surface area contributed by atoms with Gasteiger partial charge in [-0.25, -0.2) is 9.67 Å². The highest BCUT2D eigenvalue weighted by Gasteiger charge is 2.01. The van der Waals surface area contributed by atoms with Crippen LogP contribution in [0.25, 0.3) is 5.82 Å². The molecule has 2 aromatic rings. The number of rotatable bonds is 4. The average Bonchev–Trinajstić information content (AvgIpc) is 2.74. The minimum absolute atomic E-state index is 0.739. The summed E-state index contributed by atoms with van der Waals surface area (Å²) in [5, 5.41) is 7.37. The van der Waals surface area contributed by atoms with E-state index >= 15 is 0 Å². The van der Waals surface area contributed by atoms with Gasteiger partial charge in [0.05, 0.1) is 27.9 Å². The van der Waals surface area contributed by atoms with Gasteiger partial charge in [0.25, 0.3) is 0 Å². The molecule has 0 atom stereocenters. The van der Waals surface area contributed by atoms with Crippen LogP contribution in [0.15, 0.2) is 24.8 Å². The molecule has 2 aromatic heterocycles. The quantitative estimate of drug-likeness (QED) is 0.861. The van der Waals surface area contributed by atoms with Crippen molar-refractivity contribution in [2.24, 2.45) is 0 Å². The van der Waals surface area contributed by atoms with Crippen molar-refractivity contribution >= 4 is 22.6 Å².